The first kappa shape index (κ1) is 10.8. The zero-order chi connectivity index (χ0) is 11.7. The Hall–Kier alpha value is -1.68. The molecule has 0 aliphatic carbocycles. The number of aromatic nitrogens is 3. The fourth-order valence-electron chi connectivity index (χ4n) is 1.29. The Morgan fingerprint density at radius 2 is 2.25 bits per heavy atom. The minimum Gasteiger partial charge on any atom is -0.259 e. The molecule has 0 spiro atoms. The summed E-state index contributed by atoms with van der Waals surface area (Å²) in [5, 5.41) is 6.85. The van der Waals surface area contributed by atoms with E-state index in [2.05, 4.69) is 21.8 Å². The number of hydrogen-bond donors (Lipinski definition) is 1. The summed E-state index contributed by atoms with van der Waals surface area (Å²) < 4.78 is 13.6. The molecular weight excluding hydrogens is 229 g/mol. The van der Waals surface area contributed by atoms with Crippen LogP contribution in [0.25, 0.3) is 17.0 Å². The Balaban J connectivity index is 2.54. The third-order valence-electron chi connectivity index (χ3n) is 2.07. The monoisotopic (exact) mass is 237 g/mol. The number of rotatable bonds is 2. The van der Waals surface area contributed by atoms with E-state index in [-0.39, 0.29) is 5.56 Å². The summed E-state index contributed by atoms with van der Waals surface area (Å²) in [7, 11) is 0. The summed E-state index contributed by atoms with van der Waals surface area (Å²) in [5.74, 6) is 0.326. The van der Waals surface area contributed by atoms with Gasteiger partial charge < -0.3 is 0 Å². The van der Waals surface area contributed by atoms with Crippen LogP contribution in [0, 0.1) is 5.82 Å². The zero-order valence-electron chi connectivity index (χ0n) is 8.59. The minimum atomic E-state index is -0.433. The van der Waals surface area contributed by atoms with Crippen molar-refractivity contribution in [3.8, 4) is 11.4 Å². The molecule has 2 rings (SSSR count). The third-order valence-corrected chi connectivity index (χ3v) is 2.38. The predicted octanol–water partition coefficient (Wildman–Crippen LogP) is 3.30. The van der Waals surface area contributed by atoms with Gasteiger partial charge in [0.1, 0.15) is 5.82 Å². The van der Waals surface area contributed by atoms with Gasteiger partial charge >= 0.3 is 0 Å². The number of nitrogens with zero attached hydrogens (tertiary/aromatic N) is 2. The molecule has 0 fully saturated rings. The highest BCUT2D eigenvalue weighted by Crippen LogP contribution is 2.28. The molecule has 0 aliphatic heterocycles. The number of H-pyrrole nitrogens is 1. The van der Waals surface area contributed by atoms with Crippen molar-refractivity contribution in [2.24, 2.45) is 0 Å². The molecule has 2 aromatic rings. The first-order valence-corrected chi connectivity index (χ1v) is 5.00. The lowest BCUT2D eigenvalue weighted by Crippen LogP contribution is -1.88. The van der Waals surface area contributed by atoms with Crippen molar-refractivity contribution in [2.45, 2.75) is 6.92 Å². The number of benzene rings is 1. The zero-order valence-corrected chi connectivity index (χ0v) is 9.35. The van der Waals surface area contributed by atoms with Gasteiger partial charge in [-0.05, 0) is 24.6 Å². The normalized spacial score (nSPS) is 10.4. The van der Waals surface area contributed by atoms with Crippen molar-refractivity contribution >= 4 is 17.2 Å². The smallest absolute Gasteiger partial charge is 0.176 e. The highest BCUT2D eigenvalue weighted by atomic mass is 35.5. The molecule has 0 saturated heterocycles. The van der Waals surface area contributed by atoms with Gasteiger partial charge in [-0.2, -0.15) is 5.10 Å². The van der Waals surface area contributed by atoms with Gasteiger partial charge in [0, 0.05) is 0 Å². The molecule has 0 atom stereocenters. The maximum Gasteiger partial charge on any atom is 0.176 e. The quantitative estimate of drug-likeness (QED) is 0.871. The van der Waals surface area contributed by atoms with Crippen LogP contribution in [-0.4, -0.2) is 15.2 Å². The summed E-state index contributed by atoms with van der Waals surface area (Å²) in [6.07, 6.45) is 0. The summed E-state index contributed by atoms with van der Waals surface area (Å²) in [4.78, 5) is 4.11. The summed E-state index contributed by atoms with van der Waals surface area (Å²) >= 11 is 5.90. The lowest BCUT2D eigenvalue weighted by atomic mass is 10.2. The van der Waals surface area contributed by atoms with Crippen molar-refractivity contribution < 1.29 is 4.39 Å². The Labute approximate surface area is 97.0 Å². The lowest BCUT2D eigenvalue weighted by molar-refractivity contribution is 0.630. The molecule has 1 N–H and O–H groups in total. The Bertz CT molecular complexity index is 528. The lowest BCUT2D eigenvalue weighted by Gasteiger charge is -2.00. The third kappa shape index (κ3) is 1.84. The maximum atomic E-state index is 13.6. The standard InChI is InChI=1S/C11H9ClFN3/c1-6(2)10-14-11(16-15-10)9-7(12)4-3-5-8(9)13/h3-5H,1H2,2H3,(H,14,15,16). The van der Waals surface area contributed by atoms with Crippen LogP contribution < -0.4 is 0 Å². The van der Waals surface area contributed by atoms with Crippen LogP contribution in [-0.2, 0) is 0 Å². The molecule has 3 nitrogen and oxygen atoms in total. The molecule has 0 saturated carbocycles. The average Bonchev–Trinajstić information content (AvgIpc) is 2.66. The van der Waals surface area contributed by atoms with Crippen LogP contribution in [0.5, 0.6) is 0 Å². The number of aromatic amines is 1. The van der Waals surface area contributed by atoms with Gasteiger partial charge in [0.25, 0.3) is 0 Å². The van der Waals surface area contributed by atoms with E-state index < -0.39 is 5.82 Å². The predicted molar refractivity (Wildman–Crippen MR) is 61.5 cm³/mol. The number of hydrogen-bond acceptors (Lipinski definition) is 2. The molecule has 5 heteroatoms. The second-order valence-corrected chi connectivity index (χ2v) is 3.79. The van der Waals surface area contributed by atoms with E-state index in [1.54, 1.807) is 13.0 Å². The van der Waals surface area contributed by atoms with Gasteiger partial charge in [-0.1, -0.05) is 24.2 Å². The van der Waals surface area contributed by atoms with Crippen LogP contribution in [0.4, 0.5) is 4.39 Å². The molecule has 0 unspecified atom stereocenters. The van der Waals surface area contributed by atoms with Crippen LogP contribution in [0.3, 0.4) is 0 Å². The molecule has 0 aliphatic rings. The first-order chi connectivity index (χ1) is 7.59. The largest absolute Gasteiger partial charge is 0.259 e. The van der Waals surface area contributed by atoms with E-state index in [0.717, 1.165) is 0 Å². The second kappa shape index (κ2) is 4.06. The van der Waals surface area contributed by atoms with E-state index in [1.165, 1.54) is 12.1 Å². The van der Waals surface area contributed by atoms with Crippen molar-refractivity contribution in [2.75, 3.05) is 0 Å². The Morgan fingerprint density at radius 3 is 2.81 bits per heavy atom. The van der Waals surface area contributed by atoms with Gasteiger partial charge in [-0.25, -0.2) is 9.37 Å². The average molecular weight is 238 g/mol. The molecular formula is C11H9ClFN3. The van der Waals surface area contributed by atoms with Crippen LogP contribution >= 0.6 is 11.6 Å². The number of halogens is 2. The fraction of sp³-hybridized carbons (Fsp3) is 0.0909. The molecule has 0 radical (unpaired) electrons. The first-order valence-electron chi connectivity index (χ1n) is 4.62. The molecule has 82 valence electrons. The molecule has 0 amide bonds. The van der Waals surface area contributed by atoms with Crippen molar-refractivity contribution in [1.82, 2.24) is 15.2 Å². The molecule has 1 heterocycles. The summed E-state index contributed by atoms with van der Waals surface area (Å²) in [6.45, 7) is 5.48. The topological polar surface area (TPSA) is 41.6 Å². The van der Waals surface area contributed by atoms with Gasteiger partial charge in [0.15, 0.2) is 11.6 Å². The Kier molecular flexibility index (Phi) is 2.75. The highest BCUT2D eigenvalue weighted by Gasteiger charge is 2.13. The highest BCUT2D eigenvalue weighted by molar-refractivity contribution is 6.33. The molecule has 0 bridgehead atoms. The van der Waals surface area contributed by atoms with Crippen molar-refractivity contribution in [3.63, 3.8) is 0 Å². The van der Waals surface area contributed by atoms with Crippen molar-refractivity contribution in [1.29, 1.82) is 0 Å². The van der Waals surface area contributed by atoms with E-state index >= 15 is 0 Å². The SMILES string of the molecule is C=C(C)c1n[nH]c(-c2c(F)cccc2Cl)n1. The van der Waals surface area contributed by atoms with E-state index in [4.69, 9.17) is 11.6 Å². The van der Waals surface area contributed by atoms with Crippen LogP contribution in [0.15, 0.2) is 24.8 Å². The molecule has 1 aromatic heterocycles. The van der Waals surface area contributed by atoms with Gasteiger partial charge in [0.05, 0.1) is 10.6 Å². The fourth-order valence-corrected chi connectivity index (χ4v) is 1.54. The van der Waals surface area contributed by atoms with Crippen LogP contribution in [0.1, 0.15) is 12.7 Å². The van der Waals surface area contributed by atoms with E-state index in [9.17, 15) is 4.39 Å². The minimum absolute atomic E-state index is 0.226. The van der Waals surface area contributed by atoms with Gasteiger partial charge in [-0.3, -0.25) is 5.10 Å². The van der Waals surface area contributed by atoms with Crippen molar-refractivity contribution in [3.05, 3.63) is 41.4 Å². The van der Waals surface area contributed by atoms with Gasteiger partial charge in [0.2, 0.25) is 0 Å². The molecule has 1 aromatic carbocycles. The number of allylic oxidation sites excluding steroid dienone is 1. The second-order valence-electron chi connectivity index (χ2n) is 3.38. The summed E-state index contributed by atoms with van der Waals surface area (Å²) in [5.41, 5.74) is 0.930. The van der Waals surface area contributed by atoms with Crippen LogP contribution in [0.2, 0.25) is 5.02 Å². The summed E-state index contributed by atoms with van der Waals surface area (Å²) in [6, 6.07) is 4.46. The maximum absolute atomic E-state index is 13.6. The Morgan fingerprint density at radius 1 is 1.50 bits per heavy atom. The van der Waals surface area contributed by atoms with E-state index in [1.807, 2.05) is 0 Å². The van der Waals surface area contributed by atoms with Gasteiger partial charge in [-0.15, -0.1) is 0 Å². The molecule has 16 heavy (non-hydrogen) atoms. The number of nitrogens with one attached hydrogen (secondary N) is 1. The van der Waals surface area contributed by atoms with E-state index in [0.29, 0.717) is 22.2 Å².